The first-order valence-corrected chi connectivity index (χ1v) is 14.6. The largest absolute Gasteiger partial charge is 0.392 e. The number of Topliss-reactive ketones (excluding diaryl/α,β-unsaturated/α-hetero) is 1. The number of hydrogen-bond donors (Lipinski definition) is 3. The zero-order chi connectivity index (χ0) is 31.5. The summed E-state index contributed by atoms with van der Waals surface area (Å²) >= 11 is 3.00. The molecule has 1 saturated carbocycles. The number of nitrogens with one attached hydrogen (secondary N) is 1. The van der Waals surface area contributed by atoms with E-state index in [2.05, 4.69) is 46.3 Å². The van der Waals surface area contributed by atoms with Crippen LogP contribution < -0.4 is 5.32 Å². The van der Waals surface area contributed by atoms with Crippen LogP contribution in [-0.4, -0.2) is 74.5 Å². The Hall–Kier alpha value is -4.21. The summed E-state index contributed by atoms with van der Waals surface area (Å²) in [6, 6.07) is 1.68. The number of pyridine rings is 2. The second kappa shape index (κ2) is 11.1. The molecule has 6 rings (SSSR count). The highest BCUT2D eigenvalue weighted by Crippen LogP contribution is 2.59. The number of hydrogen-bond acceptors (Lipinski definition) is 10. The number of aromatic nitrogens is 6. The molecule has 0 radical (unpaired) electrons. The van der Waals surface area contributed by atoms with Crippen molar-refractivity contribution in [3.05, 3.63) is 57.7 Å². The first kappa shape index (κ1) is 29.8. The van der Waals surface area contributed by atoms with Crippen LogP contribution in [0.1, 0.15) is 54.3 Å². The summed E-state index contributed by atoms with van der Waals surface area (Å²) in [6.45, 7) is 3.75. The highest BCUT2D eigenvalue weighted by Gasteiger charge is 2.64. The Balaban J connectivity index is 1.33. The summed E-state index contributed by atoms with van der Waals surface area (Å²) in [5, 5.41) is 27.4. The molecule has 2 fully saturated rings. The average Bonchev–Trinajstić information content (AvgIpc) is 3.35. The van der Waals surface area contributed by atoms with Crippen molar-refractivity contribution in [3.63, 3.8) is 0 Å². The van der Waals surface area contributed by atoms with Crippen LogP contribution in [0.4, 0.5) is 10.2 Å². The van der Waals surface area contributed by atoms with Gasteiger partial charge in [0.15, 0.2) is 11.6 Å². The highest BCUT2D eigenvalue weighted by molar-refractivity contribution is 9.10. The molecule has 2 aliphatic rings. The molecule has 3 N–H and O–H groups in total. The molecule has 0 aromatic carbocycles. The van der Waals surface area contributed by atoms with Gasteiger partial charge in [0.1, 0.15) is 34.5 Å². The Morgan fingerprint density at radius 3 is 2.52 bits per heavy atom. The van der Waals surface area contributed by atoms with Gasteiger partial charge < -0.3 is 20.4 Å². The molecular weight excluding hydrogens is 639 g/mol. The number of fused-ring (bicyclic) bond motifs is 2. The number of carbonyl (C=O) groups is 3. The van der Waals surface area contributed by atoms with Crippen molar-refractivity contribution in [2.75, 3.05) is 5.32 Å². The maximum atomic E-state index is 14.0. The molecule has 1 aliphatic carbocycles. The minimum Gasteiger partial charge on any atom is -0.392 e. The highest BCUT2D eigenvalue weighted by atomic mass is 79.9. The van der Waals surface area contributed by atoms with Gasteiger partial charge in [0, 0.05) is 41.9 Å². The fourth-order valence-corrected chi connectivity index (χ4v) is 6.24. The lowest BCUT2D eigenvalue weighted by atomic mass is 10.0. The predicted molar refractivity (Wildman–Crippen MR) is 157 cm³/mol. The third-order valence-electron chi connectivity index (χ3n) is 8.29. The Kier molecular flexibility index (Phi) is 7.50. The van der Waals surface area contributed by atoms with Gasteiger partial charge in [-0.25, -0.2) is 24.3 Å². The number of amides is 2. The van der Waals surface area contributed by atoms with Crippen LogP contribution in [0.15, 0.2) is 29.1 Å². The average molecular weight is 667 g/mol. The second-order valence-corrected chi connectivity index (χ2v) is 12.2. The second-order valence-electron chi connectivity index (χ2n) is 11.4. The van der Waals surface area contributed by atoms with Crippen LogP contribution in [0, 0.1) is 18.2 Å². The number of anilines is 1. The third-order valence-corrected chi connectivity index (χ3v) is 8.85. The normalized spacial score (nSPS) is 20.6. The van der Waals surface area contributed by atoms with Crippen molar-refractivity contribution >= 4 is 50.2 Å². The van der Waals surface area contributed by atoms with Gasteiger partial charge in [-0.05, 0) is 53.2 Å². The minimum absolute atomic E-state index is 0.0125. The monoisotopic (exact) mass is 666 g/mol. The van der Waals surface area contributed by atoms with Crippen molar-refractivity contribution in [1.29, 1.82) is 0 Å². The van der Waals surface area contributed by atoms with Crippen molar-refractivity contribution in [2.45, 2.75) is 65.5 Å². The quantitative estimate of drug-likeness (QED) is 0.187. The molecule has 0 unspecified atom stereocenters. The lowest BCUT2D eigenvalue weighted by Gasteiger charge is -2.27. The van der Waals surface area contributed by atoms with E-state index in [4.69, 9.17) is 0 Å². The molecule has 0 bridgehead atoms. The van der Waals surface area contributed by atoms with Crippen molar-refractivity contribution < 1.29 is 29.0 Å². The van der Waals surface area contributed by atoms with Gasteiger partial charge >= 0.3 is 0 Å². The molecule has 4 aromatic rings. The molecule has 15 heteroatoms. The minimum atomic E-state index is -0.860. The molecule has 4 aromatic heterocycles. The first-order chi connectivity index (χ1) is 20.9. The predicted octanol–water partition coefficient (Wildman–Crippen LogP) is 2.70. The Bertz CT molecular complexity index is 1850. The summed E-state index contributed by atoms with van der Waals surface area (Å²) in [5.41, 5.74) is 1.49. The van der Waals surface area contributed by atoms with Crippen LogP contribution in [0.2, 0.25) is 0 Å². The van der Waals surface area contributed by atoms with E-state index in [9.17, 15) is 29.0 Å². The Labute approximate surface area is 258 Å². The van der Waals surface area contributed by atoms with Gasteiger partial charge in [-0.3, -0.25) is 19.1 Å². The number of aryl methyl sites for hydroxylation is 1. The lowest BCUT2D eigenvalue weighted by molar-refractivity contribution is -0.138. The number of rotatable bonds is 8. The fraction of sp³-hybridized carbons (Fsp3) is 0.379. The summed E-state index contributed by atoms with van der Waals surface area (Å²) in [6.07, 6.45) is 4.30. The number of likely N-dealkylation sites (tertiary alicyclic amines) is 1. The number of carbonyl (C=O) groups excluding carboxylic acids is 3. The lowest BCUT2D eigenvalue weighted by Crippen LogP contribution is -2.47. The van der Waals surface area contributed by atoms with Gasteiger partial charge in [-0.15, -0.1) is 0 Å². The topological polar surface area (TPSA) is 176 Å². The summed E-state index contributed by atoms with van der Waals surface area (Å²) in [4.78, 5) is 58.5. The van der Waals surface area contributed by atoms with E-state index in [0.29, 0.717) is 40.8 Å². The van der Waals surface area contributed by atoms with Gasteiger partial charge in [0.2, 0.25) is 11.8 Å². The van der Waals surface area contributed by atoms with Crippen molar-refractivity contribution in [1.82, 2.24) is 34.6 Å². The smallest absolute Gasteiger partial charge is 0.248 e. The van der Waals surface area contributed by atoms with Crippen LogP contribution in [0.25, 0.3) is 22.2 Å². The standard InChI is InChI=1S/C29H28BrFN8O5/c1-13(42)24-17-5-19(16-8-32-14(2)33-9-16)34-20(12-41)25(17)38(37-24)10-23(43)39-21(6-29(3)7-22(29)39)28(44)36-27-15(11-40)4-18(31)26(30)35-27/h4-5,8-9,21-22,40-41H,6-7,10-12H2,1-3H3,(H,35,36,44)/t21-,22+,29-/m0/s1. The first-order valence-electron chi connectivity index (χ1n) is 13.8. The van der Waals surface area contributed by atoms with Gasteiger partial charge in [-0.1, -0.05) is 6.92 Å². The number of ketones is 1. The summed E-state index contributed by atoms with van der Waals surface area (Å²) < 4.78 is 15.2. The van der Waals surface area contributed by atoms with E-state index in [0.717, 1.165) is 6.07 Å². The van der Waals surface area contributed by atoms with E-state index >= 15 is 0 Å². The van der Waals surface area contributed by atoms with Crippen LogP contribution >= 0.6 is 15.9 Å². The summed E-state index contributed by atoms with van der Waals surface area (Å²) in [5.74, 6) is -1.40. The van der Waals surface area contributed by atoms with Crippen molar-refractivity contribution in [2.24, 2.45) is 5.41 Å². The van der Waals surface area contributed by atoms with Gasteiger partial charge in [-0.2, -0.15) is 5.10 Å². The van der Waals surface area contributed by atoms with E-state index in [-0.39, 0.29) is 51.2 Å². The van der Waals surface area contributed by atoms with Crippen LogP contribution in [0.3, 0.4) is 0 Å². The SMILES string of the molecule is CC(=O)c1nn(CC(=O)N2[C@H](C(=O)Nc3nc(Br)c(F)cc3CO)C[C@@]3(C)C[C@@H]23)c2c(CO)nc(-c3cnc(C)nc3)cc12. The third kappa shape index (κ3) is 5.14. The van der Waals surface area contributed by atoms with Crippen LogP contribution in [0.5, 0.6) is 0 Å². The van der Waals surface area contributed by atoms with E-state index in [1.165, 1.54) is 16.5 Å². The molecule has 44 heavy (non-hydrogen) atoms. The molecule has 2 amide bonds. The maximum Gasteiger partial charge on any atom is 0.248 e. The Morgan fingerprint density at radius 1 is 1.14 bits per heavy atom. The summed E-state index contributed by atoms with van der Waals surface area (Å²) in [7, 11) is 0. The molecule has 228 valence electrons. The van der Waals surface area contributed by atoms with E-state index < -0.39 is 36.9 Å². The number of nitrogens with zero attached hydrogens (tertiary/aromatic N) is 7. The number of aliphatic hydroxyl groups is 2. The van der Waals surface area contributed by atoms with Gasteiger partial charge in [0.05, 0.1) is 30.1 Å². The fourth-order valence-electron chi connectivity index (χ4n) is 5.94. The molecular formula is C29H28BrFN8O5. The molecule has 5 heterocycles. The zero-order valence-electron chi connectivity index (χ0n) is 24.0. The number of halogens is 2. The molecule has 1 saturated heterocycles. The van der Waals surface area contributed by atoms with E-state index in [1.54, 1.807) is 25.4 Å². The Morgan fingerprint density at radius 2 is 1.86 bits per heavy atom. The van der Waals surface area contributed by atoms with Crippen LogP contribution in [-0.2, 0) is 29.3 Å². The molecule has 13 nitrogen and oxygen atoms in total. The molecule has 1 aliphatic heterocycles. The van der Waals surface area contributed by atoms with Crippen molar-refractivity contribution in [3.8, 4) is 11.3 Å². The molecule has 0 spiro atoms. The van der Waals surface area contributed by atoms with E-state index in [1.807, 2.05) is 6.92 Å². The number of aliphatic hydroxyl groups excluding tert-OH is 2. The maximum absolute atomic E-state index is 14.0. The van der Waals surface area contributed by atoms with Gasteiger partial charge in [0.25, 0.3) is 0 Å². The zero-order valence-corrected chi connectivity index (χ0v) is 25.6. The molecule has 3 atom stereocenters. The number of piperidine rings is 1.